The van der Waals surface area contributed by atoms with Crippen LogP contribution in [-0.4, -0.2) is 47.0 Å². The fourth-order valence-electron chi connectivity index (χ4n) is 2.96. The molecule has 0 aliphatic heterocycles. The Morgan fingerprint density at radius 2 is 1.77 bits per heavy atom. The quantitative estimate of drug-likeness (QED) is 0.687. The van der Waals surface area contributed by atoms with Gasteiger partial charge in [0.05, 0.1) is 6.54 Å². The third-order valence-electron chi connectivity index (χ3n) is 4.31. The number of hydrogen-bond donors (Lipinski definition) is 3. The van der Waals surface area contributed by atoms with Crippen LogP contribution in [0.2, 0.25) is 0 Å². The summed E-state index contributed by atoms with van der Waals surface area (Å²) in [6, 6.07) is 5.15. The van der Waals surface area contributed by atoms with Crippen molar-refractivity contribution in [2.24, 2.45) is 0 Å². The molecule has 1 aliphatic carbocycles. The number of nitrogens with zero attached hydrogens (tertiary/aromatic N) is 1. The van der Waals surface area contributed by atoms with Crippen LogP contribution >= 0.6 is 0 Å². The van der Waals surface area contributed by atoms with Crippen molar-refractivity contribution in [3.63, 3.8) is 0 Å². The van der Waals surface area contributed by atoms with Crippen molar-refractivity contribution in [3.8, 4) is 0 Å². The monoisotopic (exact) mass is 365 g/mol. The summed E-state index contributed by atoms with van der Waals surface area (Å²) in [4.78, 5) is 36.3. The van der Waals surface area contributed by atoms with E-state index in [-0.39, 0.29) is 19.1 Å². The van der Waals surface area contributed by atoms with Crippen LogP contribution in [0.4, 0.5) is 9.18 Å². The molecule has 142 valence electrons. The zero-order valence-corrected chi connectivity index (χ0v) is 14.5. The maximum Gasteiger partial charge on any atom is 0.323 e. The Hall–Kier alpha value is -2.64. The van der Waals surface area contributed by atoms with Gasteiger partial charge in [-0.1, -0.05) is 31.4 Å². The van der Waals surface area contributed by atoms with Gasteiger partial charge in [0.2, 0.25) is 5.91 Å². The first kappa shape index (κ1) is 19.7. The number of hydrogen-bond acceptors (Lipinski definition) is 3. The van der Waals surface area contributed by atoms with Gasteiger partial charge in [-0.15, -0.1) is 0 Å². The molecule has 1 aromatic rings. The second kappa shape index (κ2) is 9.74. The Balaban J connectivity index is 1.85. The molecule has 26 heavy (non-hydrogen) atoms. The summed E-state index contributed by atoms with van der Waals surface area (Å²) in [6.45, 7) is -0.771. The largest absolute Gasteiger partial charge is 0.480 e. The summed E-state index contributed by atoms with van der Waals surface area (Å²) in [7, 11) is 0. The molecule has 0 unspecified atom stereocenters. The van der Waals surface area contributed by atoms with E-state index in [9.17, 15) is 18.8 Å². The van der Waals surface area contributed by atoms with E-state index in [1.165, 1.54) is 30.7 Å². The zero-order chi connectivity index (χ0) is 18.9. The van der Waals surface area contributed by atoms with E-state index >= 15 is 0 Å². The Labute approximate surface area is 151 Å². The molecule has 1 fully saturated rings. The highest BCUT2D eigenvalue weighted by Crippen LogP contribution is 2.17. The summed E-state index contributed by atoms with van der Waals surface area (Å²) in [6.07, 6.45) is 5.18. The summed E-state index contributed by atoms with van der Waals surface area (Å²) in [5.74, 6) is -2.09. The van der Waals surface area contributed by atoms with Gasteiger partial charge in [0.15, 0.2) is 0 Å². The fraction of sp³-hybridized carbons (Fsp3) is 0.500. The van der Waals surface area contributed by atoms with Crippen molar-refractivity contribution in [2.75, 3.05) is 13.1 Å². The van der Waals surface area contributed by atoms with Crippen LogP contribution in [0.5, 0.6) is 0 Å². The number of carbonyl (C=O) groups excluding carboxylic acids is 2. The lowest BCUT2D eigenvalue weighted by Crippen LogP contribution is -2.47. The molecular weight excluding hydrogens is 341 g/mol. The number of carbonyl (C=O) groups is 3. The van der Waals surface area contributed by atoms with E-state index in [0.717, 1.165) is 30.6 Å². The van der Waals surface area contributed by atoms with E-state index in [0.29, 0.717) is 5.56 Å². The second-order valence-electron chi connectivity index (χ2n) is 6.43. The van der Waals surface area contributed by atoms with Gasteiger partial charge in [-0.05, 0) is 30.5 Å². The van der Waals surface area contributed by atoms with Gasteiger partial charge in [-0.25, -0.2) is 9.18 Å². The number of aliphatic carboxylic acids is 1. The number of nitrogens with one attached hydrogen (secondary N) is 2. The molecule has 8 heteroatoms. The molecule has 0 heterocycles. The number of amides is 3. The Bertz CT molecular complexity index is 630. The molecule has 0 saturated heterocycles. The van der Waals surface area contributed by atoms with E-state index in [4.69, 9.17) is 5.11 Å². The SMILES string of the molecule is O=C(O)CN(Cc1ccc(F)cc1)C(=O)CNC(=O)NC1CCCCC1. The molecule has 0 atom stereocenters. The topological polar surface area (TPSA) is 98.7 Å². The summed E-state index contributed by atoms with van der Waals surface area (Å²) >= 11 is 0. The Kier molecular flexibility index (Phi) is 7.37. The zero-order valence-electron chi connectivity index (χ0n) is 14.5. The van der Waals surface area contributed by atoms with Crippen LogP contribution in [0.15, 0.2) is 24.3 Å². The minimum atomic E-state index is -1.16. The van der Waals surface area contributed by atoms with Gasteiger partial charge >= 0.3 is 12.0 Å². The molecule has 7 nitrogen and oxygen atoms in total. The van der Waals surface area contributed by atoms with Gasteiger partial charge in [-0.3, -0.25) is 9.59 Å². The summed E-state index contributed by atoms with van der Waals surface area (Å²) < 4.78 is 13.0. The van der Waals surface area contributed by atoms with Crippen LogP contribution in [0.3, 0.4) is 0 Å². The molecular formula is C18H24FN3O4. The van der Waals surface area contributed by atoms with Crippen LogP contribution < -0.4 is 10.6 Å². The second-order valence-corrected chi connectivity index (χ2v) is 6.43. The number of urea groups is 1. The van der Waals surface area contributed by atoms with Crippen molar-refractivity contribution in [2.45, 2.75) is 44.7 Å². The highest BCUT2D eigenvalue weighted by atomic mass is 19.1. The highest BCUT2D eigenvalue weighted by molar-refractivity contribution is 5.86. The Morgan fingerprint density at radius 1 is 1.12 bits per heavy atom. The molecule has 1 aliphatic rings. The minimum absolute atomic E-state index is 0.0251. The minimum Gasteiger partial charge on any atom is -0.480 e. The molecule has 2 rings (SSSR count). The normalized spacial score (nSPS) is 14.5. The highest BCUT2D eigenvalue weighted by Gasteiger charge is 2.19. The third kappa shape index (κ3) is 6.70. The van der Waals surface area contributed by atoms with Crippen molar-refractivity contribution < 1.29 is 23.9 Å². The molecule has 3 amide bonds. The maximum atomic E-state index is 13.0. The molecule has 0 aromatic heterocycles. The number of carboxylic acid groups (broad SMARTS) is 1. The molecule has 1 aromatic carbocycles. The first-order chi connectivity index (χ1) is 12.4. The maximum absolute atomic E-state index is 13.0. The summed E-state index contributed by atoms with van der Waals surface area (Å²) in [5.41, 5.74) is 0.604. The van der Waals surface area contributed by atoms with Crippen LogP contribution in [0, 0.1) is 5.82 Å². The van der Waals surface area contributed by atoms with E-state index < -0.39 is 30.3 Å². The van der Waals surface area contributed by atoms with E-state index in [2.05, 4.69) is 10.6 Å². The average molecular weight is 365 g/mol. The van der Waals surface area contributed by atoms with Gasteiger partial charge in [0, 0.05) is 12.6 Å². The number of benzene rings is 1. The number of carboxylic acids is 1. The van der Waals surface area contributed by atoms with E-state index in [1.807, 2.05) is 0 Å². The molecule has 1 saturated carbocycles. The average Bonchev–Trinajstić information content (AvgIpc) is 2.61. The first-order valence-electron chi connectivity index (χ1n) is 8.72. The van der Waals surface area contributed by atoms with Crippen LogP contribution in [0.1, 0.15) is 37.7 Å². The molecule has 0 radical (unpaired) electrons. The smallest absolute Gasteiger partial charge is 0.323 e. The van der Waals surface area contributed by atoms with E-state index in [1.54, 1.807) is 0 Å². The number of rotatable bonds is 7. The molecule has 0 spiro atoms. The van der Waals surface area contributed by atoms with Gasteiger partial charge < -0.3 is 20.6 Å². The van der Waals surface area contributed by atoms with Crippen molar-refractivity contribution in [1.82, 2.24) is 15.5 Å². The molecule has 0 bridgehead atoms. The first-order valence-corrected chi connectivity index (χ1v) is 8.72. The van der Waals surface area contributed by atoms with Crippen LogP contribution in [0.25, 0.3) is 0 Å². The van der Waals surface area contributed by atoms with Crippen molar-refractivity contribution in [1.29, 1.82) is 0 Å². The predicted molar refractivity (Wildman–Crippen MR) is 92.9 cm³/mol. The van der Waals surface area contributed by atoms with Crippen molar-refractivity contribution >= 4 is 17.9 Å². The fourth-order valence-corrected chi connectivity index (χ4v) is 2.96. The van der Waals surface area contributed by atoms with Crippen molar-refractivity contribution in [3.05, 3.63) is 35.6 Å². The Morgan fingerprint density at radius 3 is 2.38 bits per heavy atom. The predicted octanol–water partition coefficient (Wildman–Crippen LogP) is 1.87. The molecule has 3 N–H and O–H groups in total. The van der Waals surface area contributed by atoms with Gasteiger partial charge in [0.25, 0.3) is 0 Å². The third-order valence-corrected chi connectivity index (χ3v) is 4.31. The van der Waals surface area contributed by atoms with Gasteiger partial charge in [0.1, 0.15) is 12.4 Å². The standard InChI is InChI=1S/C18H24FN3O4/c19-14-8-6-13(7-9-14)11-22(12-17(24)25)16(23)10-20-18(26)21-15-4-2-1-3-5-15/h6-9,15H,1-5,10-12H2,(H,24,25)(H2,20,21,26). The lowest BCUT2D eigenvalue weighted by Gasteiger charge is -2.24. The lowest BCUT2D eigenvalue weighted by atomic mass is 9.96. The van der Waals surface area contributed by atoms with Gasteiger partial charge in [-0.2, -0.15) is 0 Å². The number of halogens is 1. The summed E-state index contributed by atoms with van der Waals surface area (Å²) in [5, 5.41) is 14.3. The van der Waals surface area contributed by atoms with Crippen LogP contribution in [-0.2, 0) is 16.1 Å². The lowest BCUT2D eigenvalue weighted by molar-refractivity contribution is -0.144.